The fraction of sp³-hybridized carbons (Fsp3) is 0.389. The van der Waals surface area contributed by atoms with Gasteiger partial charge in [-0.05, 0) is 0 Å². The summed E-state index contributed by atoms with van der Waals surface area (Å²) in [6.45, 7) is 1.09. The Balaban J connectivity index is 1.94. The topological polar surface area (TPSA) is 116 Å². The van der Waals surface area contributed by atoms with Crippen molar-refractivity contribution in [1.29, 1.82) is 5.26 Å². The highest BCUT2D eigenvalue weighted by atomic mass is 19.1. The number of piperidine rings is 1. The molecule has 0 aliphatic carbocycles. The number of pyridine rings is 1. The van der Waals surface area contributed by atoms with Gasteiger partial charge < -0.3 is 20.3 Å². The van der Waals surface area contributed by atoms with E-state index in [1.54, 1.807) is 13.1 Å². The number of anilines is 3. The quantitative estimate of drug-likeness (QED) is 0.586. The number of nitrogens with one attached hydrogen (secondary N) is 2. The minimum atomic E-state index is -1.60. The van der Waals surface area contributed by atoms with Crippen molar-refractivity contribution < 1.29 is 13.9 Å². The van der Waals surface area contributed by atoms with Gasteiger partial charge in [0, 0.05) is 45.2 Å². The van der Waals surface area contributed by atoms with Crippen LogP contribution in [0.4, 0.5) is 21.7 Å². The first-order valence-electron chi connectivity index (χ1n) is 8.68. The highest BCUT2D eigenvalue weighted by Crippen LogP contribution is 2.34. The minimum Gasteiger partial charge on any atom is -0.465 e. The lowest BCUT2D eigenvalue weighted by molar-refractivity contribution is 0.0599. The number of halogens is 1. The van der Waals surface area contributed by atoms with Gasteiger partial charge in [-0.25, -0.2) is 24.1 Å². The molecule has 2 aromatic rings. The molecule has 0 bridgehead atoms. The Morgan fingerprint density at radius 2 is 2.00 bits per heavy atom. The van der Waals surface area contributed by atoms with Gasteiger partial charge in [-0.2, -0.15) is 5.26 Å². The van der Waals surface area contributed by atoms with E-state index < -0.39 is 11.8 Å². The lowest BCUT2D eigenvalue weighted by Gasteiger charge is -2.40. The van der Waals surface area contributed by atoms with Crippen LogP contribution in [0.2, 0.25) is 0 Å². The maximum absolute atomic E-state index is 15.5. The van der Waals surface area contributed by atoms with Crippen LogP contribution in [0.1, 0.15) is 28.9 Å². The van der Waals surface area contributed by atoms with Crippen LogP contribution in [0.25, 0.3) is 0 Å². The number of nitrogens with zero attached hydrogens (tertiary/aromatic N) is 5. The Hall–Kier alpha value is -3.32. The molecule has 1 fully saturated rings. The van der Waals surface area contributed by atoms with Gasteiger partial charge >= 0.3 is 5.97 Å². The summed E-state index contributed by atoms with van der Waals surface area (Å²) in [5.74, 6) is -1.48. The van der Waals surface area contributed by atoms with Crippen molar-refractivity contribution in [3.63, 3.8) is 0 Å². The summed E-state index contributed by atoms with van der Waals surface area (Å²) in [5, 5.41) is 14.9. The number of carbonyl (C=O) groups is 1. The van der Waals surface area contributed by atoms with Crippen molar-refractivity contribution in [2.45, 2.75) is 18.6 Å². The van der Waals surface area contributed by atoms with E-state index in [0.717, 1.165) is 0 Å². The summed E-state index contributed by atoms with van der Waals surface area (Å²) < 4.78 is 20.3. The Morgan fingerprint density at radius 1 is 1.29 bits per heavy atom. The molecule has 0 saturated carbocycles. The first-order valence-corrected chi connectivity index (χ1v) is 8.68. The van der Waals surface area contributed by atoms with Crippen molar-refractivity contribution in [1.82, 2.24) is 20.3 Å². The molecule has 2 aromatic heterocycles. The molecule has 0 amide bonds. The molecule has 0 atom stereocenters. The van der Waals surface area contributed by atoms with Crippen LogP contribution in [0.15, 0.2) is 24.7 Å². The van der Waals surface area contributed by atoms with Crippen molar-refractivity contribution >= 4 is 23.3 Å². The van der Waals surface area contributed by atoms with Gasteiger partial charge in [0.25, 0.3) is 0 Å². The van der Waals surface area contributed by atoms with E-state index in [1.165, 1.54) is 30.6 Å². The van der Waals surface area contributed by atoms with Crippen LogP contribution in [0.3, 0.4) is 0 Å². The number of ether oxygens (including phenoxy) is 1. The van der Waals surface area contributed by atoms with Gasteiger partial charge in [-0.1, -0.05) is 0 Å². The molecule has 0 spiro atoms. The third-order valence-corrected chi connectivity index (χ3v) is 4.64. The smallest absolute Gasteiger partial charge is 0.341 e. The molecule has 3 rings (SSSR count). The summed E-state index contributed by atoms with van der Waals surface area (Å²) in [6, 6.07) is 3.45. The van der Waals surface area contributed by atoms with Crippen LogP contribution in [-0.2, 0) is 4.74 Å². The number of methoxy groups -OCH3 is 1. The summed E-state index contributed by atoms with van der Waals surface area (Å²) in [7, 11) is 2.87. The minimum absolute atomic E-state index is 0.164. The Labute approximate surface area is 161 Å². The summed E-state index contributed by atoms with van der Waals surface area (Å²) in [4.78, 5) is 25.8. The molecule has 1 aliphatic rings. The predicted molar refractivity (Wildman–Crippen MR) is 100.0 cm³/mol. The van der Waals surface area contributed by atoms with Gasteiger partial charge in [0.2, 0.25) is 0 Å². The standard InChI is InChI=1S/C18H20FN7O2/c1-26(18(19)3-5-21-6-4-18)14-7-15(24-10-13(14)17(27)28-2)25-16-11-22-12(8-20)9-23-16/h7,9-11,21H,3-6H2,1-2H3,(H,23,24,25). The second-order valence-electron chi connectivity index (χ2n) is 6.33. The maximum Gasteiger partial charge on any atom is 0.341 e. The molecule has 146 valence electrons. The van der Waals surface area contributed by atoms with E-state index in [-0.39, 0.29) is 24.1 Å². The van der Waals surface area contributed by atoms with E-state index >= 15 is 4.39 Å². The zero-order chi connectivity index (χ0) is 20.1. The van der Waals surface area contributed by atoms with Crippen LogP contribution in [0, 0.1) is 11.3 Å². The fourth-order valence-electron chi connectivity index (χ4n) is 3.00. The highest BCUT2D eigenvalue weighted by molar-refractivity contribution is 5.96. The lowest BCUT2D eigenvalue weighted by atomic mass is 10.0. The molecular formula is C18H20FN7O2. The van der Waals surface area contributed by atoms with Gasteiger partial charge in [0.05, 0.1) is 25.2 Å². The monoisotopic (exact) mass is 385 g/mol. The Morgan fingerprint density at radius 3 is 2.61 bits per heavy atom. The summed E-state index contributed by atoms with van der Waals surface area (Å²) in [6.07, 6.45) is 4.62. The number of hydrogen-bond acceptors (Lipinski definition) is 9. The molecule has 2 N–H and O–H groups in total. The predicted octanol–water partition coefficient (Wildman–Crippen LogP) is 1.76. The van der Waals surface area contributed by atoms with E-state index in [0.29, 0.717) is 30.4 Å². The number of esters is 1. The largest absolute Gasteiger partial charge is 0.465 e. The number of carbonyl (C=O) groups excluding carboxylic acids is 1. The molecular weight excluding hydrogens is 365 g/mol. The Bertz CT molecular complexity index is 892. The number of rotatable bonds is 5. The molecule has 0 aromatic carbocycles. The highest BCUT2D eigenvalue weighted by Gasteiger charge is 2.38. The normalized spacial score (nSPS) is 15.4. The first-order chi connectivity index (χ1) is 13.5. The van der Waals surface area contributed by atoms with Crippen LogP contribution in [0.5, 0.6) is 0 Å². The molecule has 3 heterocycles. The lowest BCUT2D eigenvalue weighted by Crippen LogP contribution is -2.50. The van der Waals surface area contributed by atoms with E-state index in [2.05, 4.69) is 25.6 Å². The molecule has 1 aliphatic heterocycles. The SMILES string of the molecule is COC(=O)c1cnc(Nc2cnc(C#N)cn2)cc1N(C)C1(F)CCNCC1. The molecule has 28 heavy (non-hydrogen) atoms. The average molecular weight is 385 g/mol. The van der Waals surface area contributed by atoms with E-state index in [9.17, 15) is 4.79 Å². The van der Waals surface area contributed by atoms with E-state index in [4.69, 9.17) is 10.00 Å². The second kappa shape index (κ2) is 8.14. The third-order valence-electron chi connectivity index (χ3n) is 4.64. The zero-order valence-electron chi connectivity index (χ0n) is 15.6. The van der Waals surface area contributed by atoms with Gasteiger partial charge in [0.15, 0.2) is 11.5 Å². The Kier molecular flexibility index (Phi) is 5.65. The van der Waals surface area contributed by atoms with Gasteiger partial charge in [-0.15, -0.1) is 0 Å². The zero-order valence-corrected chi connectivity index (χ0v) is 15.6. The number of hydrogen-bond donors (Lipinski definition) is 2. The van der Waals surface area contributed by atoms with Crippen molar-refractivity contribution in [2.24, 2.45) is 0 Å². The third kappa shape index (κ3) is 3.99. The maximum atomic E-state index is 15.5. The second-order valence-corrected chi connectivity index (χ2v) is 6.33. The molecule has 0 unspecified atom stereocenters. The fourth-order valence-corrected chi connectivity index (χ4v) is 3.00. The van der Waals surface area contributed by atoms with Crippen LogP contribution < -0.4 is 15.5 Å². The first kappa shape index (κ1) is 19.4. The summed E-state index contributed by atoms with van der Waals surface area (Å²) >= 11 is 0. The van der Waals surface area contributed by atoms with Crippen molar-refractivity contribution in [3.05, 3.63) is 35.9 Å². The molecule has 9 nitrogen and oxygen atoms in total. The number of nitriles is 1. The molecule has 1 saturated heterocycles. The van der Waals surface area contributed by atoms with Gasteiger partial charge in [-0.3, -0.25) is 0 Å². The van der Waals surface area contributed by atoms with Crippen molar-refractivity contribution in [3.8, 4) is 6.07 Å². The number of alkyl halides is 1. The van der Waals surface area contributed by atoms with E-state index in [1.807, 2.05) is 6.07 Å². The van der Waals surface area contributed by atoms with Gasteiger partial charge in [0.1, 0.15) is 23.3 Å². The van der Waals surface area contributed by atoms with Crippen molar-refractivity contribution in [2.75, 3.05) is 37.5 Å². The molecule has 0 radical (unpaired) electrons. The van der Waals surface area contributed by atoms with Crippen LogP contribution >= 0.6 is 0 Å². The summed E-state index contributed by atoms with van der Waals surface area (Å²) in [5.41, 5.74) is 0.706. The number of aromatic nitrogens is 3. The molecule has 10 heteroatoms. The van der Waals surface area contributed by atoms with Crippen LogP contribution in [-0.4, -0.2) is 54.0 Å². The average Bonchev–Trinajstić information content (AvgIpc) is 2.73.